The third-order valence-electron chi connectivity index (χ3n) is 3.06. The highest BCUT2D eigenvalue weighted by atomic mass is 79.9. The Labute approximate surface area is 131 Å². The first-order valence-corrected chi connectivity index (χ1v) is 7.34. The lowest BCUT2D eigenvalue weighted by atomic mass is 10.1. The van der Waals surface area contributed by atoms with Crippen molar-refractivity contribution in [2.75, 3.05) is 11.9 Å². The van der Waals surface area contributed by atoms with Gasteiger partial charge in [-0.05, 0) is 40.5 Å². The Morgan fingerprint density at radius 3 is 2.58 bits per heavy atom. The maximum atomic E-state index is 6.24. The second-order valence-corrected chi connectivity index (χ2v) is 5.97. The van der Waals surface area contributed by atoms with Crippen molar-refractivity contribution in [3.8, 4) is 0 Å². The fourth-order valence-corrected chi connectivity index (χ4v) is 3.08. The van der Waals surface area contributed by atoms with Crippen molar-refractivity contribution >= 4 is 44.9 Å². The summed E-state index contributed by atoms with van der Waals surface area (Å²) in [5.74, 6) is 0.830. The second kappa shape index (κ2) is 6.12. The number of aromatic nitrogens is 1. The topological polar surface area (TPSA) is 16.1 Å². The Hall–Kier alpha value is -0.770. The van der Waals surface area contributed by atoms with E-state index in [-0.39, 0.29) is 6.04 Å². The zero-order valence-corrected chi connectivity index (χ0v) is 13.7. The first kappa shape index (κ1) is 14.6. The minimum atomic E-state index is 0.110. The minimum absolute atomic E-state index is 0.110. The molecule has 0 N–H and O–H groups in total. The minimum Gasteiger partial charge on any atom is -0.352 e. The lowest BCUT2D eigenvalue weighted by Gasteiger charge is -2.27. The Bertz CT molecular complexity index is 589. The molecule has 0 bridgehead atoms. The van der Waals surface area contributed by atoms with E-state index in [0.29, 0.717) is 5.02 Å². The molecule has 100 valence electrons. The van der Waals surface area contributed by atoms with Crippen LogP contribution < -0.4 is 4.90 Å². The van der Waals surface area contributed by atoms with E-state index in [0.717, 1.165) is 20.9 Å². The largest absolute Gasteiger partial charge is 0.352 e. The number of benzene rings is 1. The highest BCUT2D eigenvalue weighted by Gasteiger charge is 2.17. The van der Waals surface area contributed by atoms with E-state index in [1.807, 2.05) is 37.4 Å². The van der Waals surface area contributed by atoms with Gasteiger partial charge in [-0.15, -0.1) is 0 Å². The van der Waals surface area contributed by atoms with Crippen molar-refractivity contribution in [3.63, 3.8) is 0 Å². The van der Waals surface area contributed by atoms with Gasteiger partial charge in [0.2, 0.25) is 0 Å². The number of rotatable bonds is 3. The maximum Gasteiger partial charge on any atom is 0.143 e. The Balaban J connectivity index is 2.33. The van der Waals surface area contributed by atoms with Gasteiger partial charge in [0.05, 0.1) is 15.5 Å². The summed E-state index contributed by atoms with van der Waals surface area (Å²) in [5, 5.41) is 1.36. The molecule has 0 aliphatic heterocycles. The normalized spacial score (nSPS) is 12.3. The summed E-state index contributed by atoms with van der Waals surface area (Å²) < 4.78 is 0.862. The number of hydrogen-bond acceptors (Lipinski definition) is 2. The van der Waals surface area contributed by atoms with Crippen LogP contribution in [-0.4, -0.2) is 12.0 Å². The summed E-state index contributed by atoms with van der Waals surface area (Å²) in [6, 6.07) is 9.77. The van der Waals surface area contributed by atoms with E-state index in [1.54, 1.807) is 6.20 Å². The average molecular weight is 360 g/mol. The van der Waals surface area contributed by atoms with E-state index in [1.165, 1.54) is 0 Å². The van der Waals surface area contributed by atoms with Gasteiger partial charge >= 0.3 is 0 Å². The molecule has 2 nitrogen and oxygen atoms in total. The number of anilines is 1. The van der Waals surface area contributed by atoms with E-state index < -0.39 is 0 Å². The molecule has 1 unspecified atom stereocenters. The van der Waals surface area contributed by atoms with Crippen molar-refractivity contribution in [2.24, 2.45) is 0 Å². The lowest BCUT2D eigenvalue weighted by molar-refractivity contribution is 0.727. The summed E-state index contributed by atoms with van der Waals surface area (Å²) >= 11 is 15.6. The summed E-state index contributed by atoms with van der Waals surface area (Å²) in [6.07, 6.45) is 1.64. The first-order valence-electron chi connectivity index (χ1n) is 5.79. The van der Waals surface area contributed by atoms with E-state index >= 15 is 0 Å². The molecule has 0 aliphatic rings. The van der Waals surface area contributed by atoms with Crippen LogP contribution in [-0.2, 0) is 0 Å². The molecule has 2 rings (SSSR count). The lowest BCUT2D eigenvalue weighted by Crippen LogP contribution is -2.23. The quantitative estimate of drug-likeness (QED) is 0.734. The molecular formula is C14H13BrCl2N2. The average Bonchev–Trinajstić information content (AvgIpc) is 2.38. The van der Waals surface area contributed by atoms with Crippen molar-refractivity contribution < 1.29 is 0 Å². The smallest absolute Gasteiger partial charge is 0.143 e. The molecule has 2 aromatic rings. The Kier molecular flexibility index (Phi) is 4.71. The van der Waals surface area contributed by atoms with E-state index in [9.17, 15) is 0 Å². The molecule has 1 aromatic carbocycles. The molecule has 0 saturated heterocycles. The molecule has 0 aliphatic carbocycles. The van der Waals surface area contributed by atoms with Crippen LogP contribution in [0.4, 0.5) is 5.82 Å². The number of halogens is 3. The van der Waals surface area contributed by atoms with E-state index in [4.69, 9.17) is 23.2 Å². The predicted molar refractivity (Wildman–Crippen MR) is 85.2 cm³/mol. The second-order valence-electron chi connectivity index (χ2n) is 4.27. The summed E-state index contributed by atoms with van der Waals surface area (Å²) in [5.41, 5.74) is 1.07. The van der Waals surface area contributed by atoms with Gasteiger partial charge in [-0.1, -0.05) is 41.4 Å². The Morgan fingerprint density at radius 1 is 1.26 bits per heavy atom. The van der Waals surface area contributed by atoms with Crippen molar-refractivity contribution in [1.82, 2.24) is 4.98 Å². The van der Waals surface area contributed by atoms with Crippen LogP contribution in [0.25, 0.3) is 0 Å². The molecule has 1 atom stereocenters. The highest BCUT2D eigenvalue weighted by Crippen LogP contribution is 2.33. The molecule has 1 heterocycles. The van der Waals surface area contributed by atoms with Gasteiger partial charge in [0.25, 0.3) is 0 Å². The molecular weight excluding hydrogens is 347 g/mol. The molecule has 0 amide bonds. The van der Waals surface area contributed by atoms with Crippen molar-refractivity contribution in [2.45, 2.75) is 13.0 Å². The van der Waals surface area contributed by atoms with Crippen LogP contribution in [0.3, 0.4) is 0 Å². The summed E-state index contributed by atoms with van der Waals surface area (Å²) in [4.78, 5) is 6.42. The fraction of sp³-hybridized carbons (Fsp3) is 0.214. The van der Waals surface area contributed by atoms with Gasteiger partial charge in [-0.25, -0.2) is 4.98 Å². The SMILES string of the molecule is CC(c1ccccc1Cl)N(C)c1ncc(Cl)cc1Br. The van der Waals surface area contributed by atoms with Crippen LogP contribution in [0.1, 0.15) is 18.5 Å². The van der Waals surface area contributed by atoms with Crippen LogP contribution >= 0.6 is 39.1 Å². The van der Waals surface area contributed by atoms with Crippen LogP contribution in [0.2, 0.25) is 10.0 Å². The first-order chi connectivity index (χ1) is 9.00. The molecule has 19 heavy (non-hydrogen) atoms. The predicted octanol–water partition coefficient (Wildman–Crippen LogP) is 5.35. The monoisotopic (exact) mass is 358 g/mol. The third-order valence-corrected chi connectivity index (χ3v) is 4.19. The molecule has 5 heteroatoms. The van der Waals surface area contributed by atoms with Gasteiger partial charge < -0.3 is 4.90 Å². The van der Waals surface area contributed by atoms with E-state index in [2.05, 4.69) is 32.7 Å². The highest BCUT2D eigenvalue weighted by molar-refractivity contribution is 9.10. The summed E-state index contributed by atoms with van der Waals surface area (Å²) in [6.45, 7) is 2.09. The van der Waals surface area contributed by atoms with Crippen molar-refractivity contribution in [1.29, 1.82) is 0 Å². The standard InChI is InChI=1S/C14H13BrCl2N2/c1-9(11-5-3-4-6-13(11)17)19(2)14-12(15)7-10(16)8-18-14/h3-9H,1-2H3. The number of nitrogens with zero attached hydrogens (tertiary/aromatic N) is 2. The van der Waals surface area contributed by atoms with Gasteiger partial charge in [-0.3, -0.25) is 0 Å². The zero-order valence-electron chi connectivity index (χ0n) is 10.6. The molecule has 0 saturated carbocycles. The maximum absolute atomic E-state index is 6.24. The fourth-order valence-electron chi connectivity index (χ4n) is 1.87. The van der Waals surface area contributed by atoms with Gasteiger partial charge in [0, 0.05) is 18.3 Å². The van der Waals surface area contributed by atoms with Crippen LogP contribution in [0.5, 0.6) is 0 Å². The summed E-state index contributed by atoms with van der Waals surface area (Å²) in [7, 11) is 1.98. The molecule has 1 aromatic heterocycles. The molecule has 0 radical (unpaired) electrons. The van der Waals surface area contributed by atoms with Crippen LogP contribution in [0, 0.1) is 0 Å². The van der Waals surface area contributed by atoms with Crippen molar-refractivity contribution in [3.05, 3.63) is 56.6 Å². The Morgan fingerprint density at radius 2 is 1.95 bits per heavy atom. The van der Waals surface area contributed by atoms with Gasteiger partial charge in [0.15, 0.2) is 0 Å². The third kappa shape index (κ3) is 3.22. The molecule has 0 spiro atoms. The van der Waals surface area contributed by atoms with Crippen LogP contribution in [0.15, 0.2) is 41.0 Å². The molecule has 0 fully saturated rings. The van der Waals surface area contributed by atoms with Gasteiger partial charge in [-0.2, -0.15) is 0 Å². The van der Waals surface area contributed by atoms with Gasteiger partial charge in [0.1, 0.15) is 5.82 Å². The zero-order chi connectivity index (χ0) is 14.0. The number of hydrogen-bond donors (Lipinski definition) is 0. The number of pyridine rings is 1.